The minimum Gasteiger partial charge on any atom is -0.497 e. The zero-order valence-electron chi connectivity index (χ0n) is 17.7. The molecule has 2 atom stereocenters. The lowest BCUT2D eigenvalue weighted by molar-refractivity contribution is 0.0972. The first-order chi connectivity index (χ1) is 15.6. The quantitative estimate of drug-likeness (QED) is 0.287. The summed E-state index contributed by atoms with van der Waals surface area (Å²) >= 11 is 6.05. The number of hydrogen-bond acceptors (Lipinski definition) is 3. The summed E-state index contributed by atoms with van der Waals surface area (Å²) < 4.78 is 5.28. The maximum atomic E-state index is 13.3. The van der Waals surface area contributed by atoms with Gasteiger partial charge in [-0.1, -0.05) is 72.3 Å². The molecule has 0 amide bonds. The zero-order chi connectivity index (χ0) is 22.5. The lowest BCUT2D eigenvalue weighted by atomic mass is 9.78. The molecule has 0 unspecified atom stereocenters. The van der Waals surface area contributed by atoms with E-state index in [0.29, 0.717) is 10.6 Å². The smallest absolute Gasteiger partial charge is 0.163 e. The molecule has 0 fully saturated rings. The number of ether oxygens (including phenoxy) is 1. The Morgan fingerprint density at radius 3 is 2.22 bits per heavy atom. The van der Waals surface area contributed by atoms with Gasteiger partial charge >= 0.3 is 0 Å². The van der Waals surface area contributed by atoms with E-state index in [2.05, 4.69) is 6.07 Å². The monoisotopic (exact) mass is 439 g/mol. The van der Waals surface area contributed by atoms with Crippen molar-refractivity contribution in [2.75, 3.05) is 7.11 Å². The zero-order valence-corrected chi connectivity index (χ0v) is 18.4. The number of carbonyl (C=O) groups excluding carboxylic acids is 1. The van der Waals surface area contributed by atoms with Crippen molar-refractivity contribution >= 4 is 28.2 Å². The van der Waals surface area contributed by atoms with Crippen LogP contribution in [0.2, 0.25) is 5.02 Å². The molecule has 4 heteroatoms. The normalized spacial score (nSPS) is 12.7. The second kappa shape index (κ2) is 9.68. The van der Waals surface area contributed by atoms with E-state index in [1.807, 2.05) is 78.9 Å². The molecule has 0 bridgehead atoms. The molecule has 0 radical (unpaired) electrons. The van der Waals surface area contributed by atoms with Gasteiger partial charge in [0.05, 0.1) is 19.1 Å². The predicted molar refractivity (Wildman–Crippen MR) is 128 cm³/mol. The molecule has 158 valence electrons. The van der Waals surface area contributed by atoms with Crippen LogP contribution in [0, 0.1) is 11.3 Å². The van der Waals surface area contributed by atoms with Crippen molar-refractivity contribution in [2.45, 2.75) is 18.3 Å². The first-order valence-corrected chi connectivity index (χ1v) is 10.8. The molecule has 3 nitrogen and oxygen atoms in total. The molecule has 4 rings (SSSR count). The summed E-state index contributed by atoms with van der Waals surface area (Å²) in [6.45, 7) is 0. The van der Waals surface area contributed by atoms with Crippen LogP contribution in [0.25, 0.3) is 10.8 Å². The number of nitriles is 1. The predicted octanol–water partition coefficient (Wildman–Crippen LogP) is 7.17. The van der Waals surface area contributed by atoms with Crippen LogP contribution in [0.5, 0.6) is 5.75 Å². The van der Waals surface area contributed by atoms with Gasteiger partial charge in [0.15, 0.2) is 5.78 Å². The number of hydrogen-bond donors (Lipinski definition) is 0. The molecule has 32 heavy (non-hydrogen) atoms. The van der Waals surface area contributed by atoms with Crippen molar-refractivity contribution in [3.05, 3.63) is 113 Å². The van der Waals surface area contributed by atoms with Crippen LogP contribution in [-0.4, -0.2) is 12.9 Å². The molecule has 0 saturated heterocycles. The number of ketones is 1. The summed E-state index contributed by atoms with van der Waals surface area (Å²) in [6.07, 6.45) is 0.214. The molecule has 0 saturated carbocycles. The number of halogens is 1. The van der Waals surface area contributed by atoms with Gasteiger partial charge in [-0.15, -0.1) is 0 Å². The van der Waals surface area contributed by atoms with Gasteiger partial charge in [0.2, 0.25) is 0 Å². The van der Waals surface area contributed by atoms with Crippen molar-refractivity contribution in [1.82, 2.24) is 0 Å². The molecule has 0 heterocycles. The van der Waals surface area contributed by atoms with Crippen LogP contribution in [0.1, 0.15) is 39.7 Å². The lowest BCUT2D eigenvalue weighted by Crippen LogP contribution is -2.15. The van der Waals surface area contributed by atoms with E-state index in [-0.39, 0.29) is 18.1 Å². The summed E-state index contributed by atoms with van der Waals surface area (Å²) in [6, 6.07) is 31.0. The number of carbonyl (C=O) groups is 1. The minimum atomic E-state index is -0.495. The standard InChI is InChI=1S/C28H22ClNO2/c1-32-25-14-10-20(11-15-25)26(27(18-30)21-8-12-24(29)13-9-21)17-28(31)23-7-6-19-4-2-3-5-22(19)16-23/h2-16,26-27H,17H2,1H3/t26-,27-/m0/s1. The van der Waals surface area contributed by atoms with Gasteiger partial charge in [-0.3, -0.25) is 4.79 Å². The number of rotatable bonds is 7. The average Bonchev–Trinajstić information content (AvgIpc) is 2.84. The molecular weight excluding hydrogens is 418 g/mol. The summed E-state index contributed by atoms with van der Waals surface area (Å²) in [5, 5.41) is 12.8. The van der Waals surface area contributed by atoms with Gasteiger partial charge < -0.3 is 4.74 Å². The Bertz CT molecular complexity index is 1270. The third kappa shape index (κ3) is 4.66. The van der Waals surface area contributed by atoms with Crippen LogP contribution >= 0.6 is 11.6 Å². The Kier molecular flexibility index (Phi) is 6.54. The average molecular weight is 440 g/mol. The fourth-order valence-corrected chi connectivity index (χ4v) is 4.15. The fourth-order valence-electron chi connectivity index (χ4n) is 4.03. The Hall–Kier alpha value is -3.61. The second-order valence-corrected chi connectivity index (χ2v) is 8.16. The Balaban J connectivity index is 1.70. The number of Topliss-reactive ketones (excluding diaryl/α,β-unsaturated/α-hetero) is 1. The van der Waals surface area contributed by atoms with Gasteiger partial charge in [0.1, 0.15) is 5.75 Å². The van der Waals surface area contributed by atoms with Gasteiger partial charge in [-0.05, 0) is 52.2 Å². The van der Waals surface area contributed by atoms with Gasteiger partial charge in [-0.2, -0.15) is 5.26 Å². The first kappa shape index (κ1) is 21.6. The van der Waals surface area contributed by atoms with Crippen LogP contribution in [-0.2, 0) is 0 Å². The van der Waals surface area contributed by atoms with E-state index in [4.69, 9.17) is 16.3 Å². The molecule has 0 aromatic heterocycles. The van der Waals surface area contributed by atoms with E-state index in [1.54, 1.807) is 19.2 Å². The summed E-state index contributed by atoms with van der Waals surface area (Å²) in [7, 11) is 1.61. The van der Waals surface area contributed by atoms with E-state index in [1.165, 1.54) is 0 Å². The lowest BCUT2D eigenvalue weighted by Gasteiger charge is -2.23. The van der Waals surface area contributed by atoms with E-state index in [9.17, 15) is 10.1 Å². The van der Waals surface area contributed by atoms with Crippen LogP contribution in [0.3, 0.4) is 0 Å². The Morgan fingerprint density at radius 2 is 1.56 bits per heavy atom. The molecule has 0 spiro atoms. The maximum Gasteiger partial charge on any atom is 0.163 e. The molecule has 0 N–H and O–H groups in total. The van der Waals surface area contributed by atoms with Gasteiger partial charge in [0, 0.05) is 22.9 Å². The third-order valence-corrected chi connectivity index (χ3v) is 6.04. The molecule has 0 aliphatic carbocycles. The topological polar surface area (TPSA) is 50.1 Å². The summed E-state index contributed by atoms with van der Waals surface area (Å²) in [4.78, 5) is 13.3. The van der Waals surface area contributed by atoms with Gasteiger partial charge in [-0.25, -0.2) is 0 Å². The first-order valence-electron chi connectivity index (χ1n) is 10.4. The second-order valence-electron chi connectivity index (χ2n) is 7.73. The summed E-state index contributed by atoms with van der Waals surface area (Å²) in [5.74, 6) is -0.0738. The van der Waals surface area contributed by atoms with E-state index < -0.39 is 5.92 Å². The molecule has 0 aliphatic heterocycles. The number of nitrogens with zero attached hydrogens (tertiary/aromatic N) is 1. The highest BCUT2D eigenvalue weighted by Crippen LogP contribution is 2.37. The van der Waals surface area contributed by atoms with Crippen molar-refractivity contribution in [3.63, 3.8) is 0 Å². The molecule has 0 aliphatic rings. The van der Waals surface area contributed by atoms with Crippen molar-refractivity contribution < 1.29 is 9.53 Å². The molecule has 4 aromatic carbocycles. The number of methoxy groups -OCH3 is 1. The molecule has 4 aromatic rings. The highest BCUT2D eigenvalue weighted by atomic mass is 35.5. The van der Waals surface area contributed by atoms with Crippen molar-refractivity contribution in [2.24, 2.45) is 0 Å². The van der Waals surface area contributed by atoms with E-state index >= 15 is 0 Å². The van der Waals surface area contributed by atoms with Crippen LogP contribution in [0.15, 0.2) is 91.0 Å². The van der Waals surface area contributed by atoms with Crippen LogP contribution < -0.4 is 4.74 Å². The third-order valence-electron chi connectivity index (χ3n) is 5.79. The molecular formula is C28H22ClNO2. The maximum absolute atomic E-state index is 13.3. The van der Waals surface area contributed by atoms with Crippen molar-refractivity contribution in [1.29, 1.82) is 5.26 Å². The minimum absolute atomic E-state index is 0.00536. The largest absolute Gasteiger partial charge is 0.497 e. The SMILES string of the molecule is COc1ccc([C@H](CC(=O)c2ccc3ccccc3c2)[C@@H](C#N)c2ccc(Cl)cc2)cc1. The van der Waals surface area contributed by atoms with E-state index in [0.717, 1.165) is 27.6 Å². The highest BCUT2D eigenvalue weighted by Gasteiger charge is 2.28. The highest BCUT2D eigenvalue weighted by molar-refractivity contribution is 6.30. The number of fused-ring (bicyclic) bond motifs is 1. The summed E-state index contributed by atoms with van der Waals surface area (Å²) in [5.41, 5.74) is 2.40. The van der Waals surface area contributed by atoms with Gasteiger partial charge in [0.25, 0.3) is 0 Å². The fraction of sp³-hybridized carbons (Fsp3) is 0.143. The Labute approximate surface area is 192 Å². The van der Waals surface area contributed by atoms with Crippen molar-refractivity contribution in [3.8, 4) is 11.8 Å². The Morgan fingerprint density at radius 1 is 0.906 bits per heavy atom. The van der Waals surface area contributed by atoms with Crippen LogP contribution in [0.4, 0.5) is 0 Å². The number of benzene rings is 4.